The van der Waals surface area contributed by atoms with Gasteiger partial charge in [-0.2, -0.15) is 0 Å². The maximum absolute atomic E-state index is 12.8. The van der Waals surface area contributed by atoms with Crippen molar-refractivity contribution in [3.63, 3.8) is 0 Å². The van der Waals surface area contributed by atoms with Crippen molar-refractivity contribution in [3.05, 3.63) is 47.8 Å². The van der Waals surface area contributed by atoms with Crippen LogP contribution in [-0.2, 0) is 6.42 Å². The van der Waals surface area contributed by atoms with E-state index < -0.39 is 0 Å². The molecule has 1 aliphatic heterocycles. The van der Waals surface area contributed by atoms with Crippen molar-refractivity contribution in [2.45, 2.75) is 18.9 Å². The Morgan fingerprint density at radius 2 is 2.00 bits per heavy atom. The Kier molecular flexibility index (Phi) is 4.02. The van der Waals surface area contributed by atoms with Crippen LogP contribution in [0.1, 0.15) is 22.5 Å². The number of piperazine rings is 1. The van der Waals surface area contributed by atoms with Crippen LogP contribution in [0.2, 0.25) is 0 Å². The molecule has 5 nitrogen and oxygen atoms in total. The molecule has 0 spiro atoms. The molecular formula is C19H24N3O2+. The molecule has 4 rings (SSSR count). The number of ketones is 1. The number of aromatic amines is 1. The largest absolute Gasteiger partial charge is 0.495 e. The molecule has 2 N–H and O–H groups in total. The molecule has 24 heavy (non-hydrogen) atoms. The number of quaternary nitrogens is 1. The SMILES string of the molecule is COc1ccccc1N1CC[NH+]([C@@H]2CCc3[nH]ccc3C2=O)CC1. The monoisotopic (exact) mass is 326 g/mol. The molecule has 1 saturated heterocycles. The van der Waals surface area contributed by atoms with Crippen molar-refractivity contribution in [2.24, 2.45) is 0 Å². The molecule has 1 aromatic carbocycles. The van der Waals surface area contributed by atoms with Gasteiger partial charge in [0, 0.05) is 23.9 Å². The number of fused-ring (bicyclic) bond motifs is 1. The highest BCUT2D eigenvalue weighted by Crippen LogP contribution is 2.27. The highest BCUT2D eigenvalue weighted by Gasteiger charge is 2.37. The lowest BCUT2D eigenvalue weighted by Gasteiger charge is -2.38. The standard InChI is InChI=1S/C19H23N3O2/c1-24-18-5-3-2-4-16(18)21-10-12-22(13-11-21)17-7-6-15-14(19(17)23)8-9-20-15/h2-5,8-9,17,20H,6-7,10-13H2,1H3/p+1/t17-/m1/s1. The van der Waals surface area contributed by atoms with Gasteiger partial charge in [0.1, 0.15) is 5.75 Å². The van der Waals surface area contributed by atoms with E-state index in [0.29, 0.717) is 5.78 Å². The number of ether oxygens (including phenoxy) is 1. The minimum atomic E-state index is 0.119. The van der Waals surface area contributed by atoms with Gasteiger partial charge in [-0.15, -0.1) is 0 Å². The van der Waals surface area contributed by atoms with Crippen molar-refractivity contribution >= 4 is 11.5 Å². The summed E-state index contributed by atoms with van der Waals surface area (Å²) in [7, 11) is 1.72. The van der Waals surface area contributed by atoms with Crippen LogP contribution in [0.3, 0.4) is 0 Å². The summed E-state index contributed by atoms with van der Waals surface area (Å²) in [6.45, 7) is 3.90. The fourth-order valence-corrected chi connectivity index (χ4v) is 4.11. The summed E-state index contributed by atoms with van der Waals surface area (Å²) in [6.07, 6.45) is 3.83. The first-order valence-electron chi connectivity index (χ1n) is 8.71. The average Bonchev–Trinajstić information content (AvgIpc) is 3.12. The maximum atomic E-state index is 12.8. The summed E-state index contributed by atoms with van der Waals surface area (Å²) in [4.78, 5) is 19.8. The fraction of sp³-hybridized carbons (Fsp3) is 0.421. The van der Waals surface area contributed by atoms with Crippen molar-refractivity contribution in [3.8, 4) is 5.75 Å². The number of methoxy groups -OCH3 is 1. The number of hydrogen-bond acceptors (Lipinski definition) is 3. The minimum Gasteiger partial charge on any atom is -0.495 e. The van der Waals surface area contributed by atoms with Crippen molar-refractivity contribution in [1.29, 1.82) is 0 Å². The first-order valence-corrected chi connectivity index (χ1v) is 8.71. The summed E-state index contributed by atoms with van der Waals surface area (Å²) in [5, 5.41) is 0. The smallest absolute Gasteiger partial charge is 0.221 e. The van der Waals surface area contributed by atoms with Gasteiger partial charge in [-0.1, -0.05) is 12.1 Å². The lowest BCUT2D eigenvalue weighted by Crippen LogP contribution is -3.19. The van der Waals surface area contributed by atoms with Crippen molar-refractivity contribution in [1.82, 2.24) is 4.98 Å². The Morgan fingerprint density at radius 1 is 1.21 bits per heavy atom. The molecule has 5 heteroatoms. The molecule has 0 radical (unpaired) electrons. The van der Waals surface area contributed by atoms with Crippen LogP contribution in [0.15, 0.2) is 36.5 Å². The number of benzene rings is 1. The second-order valence-electron chi connectivity index (χ2n) is 6.64. The lowest BCUT2D eigenvalue weighted by molar-refractivity contribution is -0.916. The quantitative estimate of drug-likeness (QED) is 0.882. The van der Waals surface area contributed by atoms with Crippen LogP contribution < -0.4 is 14.5 Å². The Bertz CT molecular complexity index is 732. The predicted octanol–water partition coefficient (Wildman–Crippen LogP) is 0.926. The third-order valence-electron chi connectivity index (χ3n) is 5.42. The molecule has 2 heterocycles. The highest BCUT2D eigenvalue weighted by molar-refractivity contribution is 6.01. The Balaban J connectivity index is 1.44. The van der Waals surface area contributed by atoms with E-state index in [2.05, 4.69) is 22.0 Å². The molecule has 2 aromatic rings. The molecule has 0 amide bonds. The van der Waals surface area contributed by atoms with Crippen LogP contribution in [0.5, 0.6) is 5.75 Å². The zero-order chi connectivity index (χ0) is 16.5. The number of nitrogens with one attached hydrogen (secondary N) is 2. The topological polar surface area (TPSA) is 49.8 Å². The number of H-pyrrole nitrogens is 1. The number of carbonyl (C=O) groups excluding carboxylic acids is 1. The van der Waals surface area contributed by atoms with Gasteiger partial charge in [-0.3, -0.25) is 4.79 Å². The summed E-state index contributed by atoms with van der Waals surface area (Å²) in [5.41, 5.74) is 3.18. The average molecular weight is 326 g/mol. The molecule has 0 saturated carbocycles. The summed E-state index contributed by atoms with van der Waals surface area (Å²) in [6, 6.07) is 10.2. The highest BCUT2D eigenvalue weighted by atomic mass is 16.5. The first kappa shape index (κ1) is 15.3. The van der Waals surface area contributed by atoms with Gasteiger partial charge in [0.2, 0.25) is 5.78 Å². The second kappa shape index (κ2) is 6.32. The molecular weight excluding hydrogens is 302 g/mol. The Hall–Kier alpha value is -2.27. The van der Waals surface area contributed by atoms with Crippen LogP contribution in [0.4, 0.5) is 5.69 Å². The number of aryl methyl sites for hydroxylation is 1. The molecule has 2 aliphatic rings. The van der Waals surface area contributed by atoms with Gasteiger partial charge < -0.3 is 19.5 Å². The molecule has 0 unspecified atom stereocenters. The summed E-state index contributed by atoms with van der Waals surface area (Å²) >= 11 is 0. The molecule has 1 atom stereocenters. The van der Waals surface area contributed by atoms with E-state index in [-0.39, 0.29) is 6.04 Å². The normalized spacial score (nSPS) is 21.6. The van der Waals surface area contributed by atoms with Gasteiger partial charge in [0.05, 0.1) is 39.0 Å². The second-order valence-corrected chi connectivity index (χ2v) is 6.64. The van der Waals surface area contributed by atoms with Gasteiger partial charge in [-0.05, 0) is 24.6 Å². The number of aromatic nitrogens is 1. The third-order valence-corrected chi connectivity index (χ3v) is 5.42. The molecule has 126 valence electrons. The Morgan fingerprint density at radius 3 is 2.79 bits per heavy atom. The van der Waals surface area contributed by atoms with E-state index in [4.69, 9.17) is 4.74 Å². The molecule has 1 fully saturated rings. The zero-order valence-corrected chi connectivity index (χ0v) is 14.0. The van der Waals surface area contributed by atoms with Crippen LogP contribution in [0.25, 0.3) is 0 Å². The van der Waals surface area contributed by atoms with E-state index in [1.54, 1.807) is 7.11 Å². The number of para-hydroxylation sites is 2. The molecule has 1 aliphatic carbocycles. The summed E-state index contributed by atoms with van der Waals surface area (Å²) < 4.78 is 5.48. The number of anilines is 1. The van der Waals surface area contributed by atoms with E-state index >= 15 is 0 Å². The van der Waals surface area contributed by atoms with Crippen LogP contribution in [-0.4, -0.2) is 50.1 Å². The lowest BCUT2D eigenvalue weighted by atomic mass is 9.90. The van der Waals surface area contributed by atoms with E-state index in [1.165, 1.54) is 4.90 Å². The zero-order valence-electron chi connectivity index (χ0n) is 14.0. The fourth-order valence-electron chi connectivity index (χ4n) is 4.11. The van der Waals surface area contributed by atoms with E-state index in [0.717, 1.165) is 61.7 Å². The van der Waals surface area contributed by atoms with Gasteiger partial charge >= 0.3 is 0 Å². The number of rotatable bonds is 3. The maximum Gasteiger partial charge on any atom is 0.221 e. The Labute approximate surface area is 142 Å². The van der Waals surface area contributed by atoms with Gasteiger partial charge in [0.15, 0.2) is 6.04 Å². The molecule has 1 aromatic heterocycles. The van der Waals surface area contributed by atoms with Gasteiger partial charge in [-0.25, -0.2) is 0 Å². The molecule has 0 bridgehead atoms. The number of carbonyl (C=O) groups is 1. The third kappa shape index (κ3) is 2.59. The summed E-state index contributed by atoms with van der Waals surface area (Å²) in [5.74, 6) is 1.24. The predicted molar refractivity (Wildman–Crippen MR) is 93.1 cm³/mol. The van der Waals surface area contributed by atoms with E-state index in [1.807, 2.05) is 24.4 Å². The van der Waals surface area contributed by atoms with Crippen molar-refractivity contribution in [2.75, 3.05) is 38.2 Å². The minimum absolute atomic E-state index is 0.119. The number of nitrogens with zero attached hydrogens (tertiary/aromatic N) is 1. The van der Waals surface area contributed by atoms with Crippen LogP contribution in [0, 0.1) is 0 Å². The van der Waals surface area contributed by atoms with Crippen molar-refractivity contribution < 1.29 is 14.4 Å². The van der Waals surface area contributed by atoms with E-state index in [9.17, 15) is 4.79 Å². The number of hydrogen-bond donors (Lipinski definition) is 2. The first-order chi connectivity index (χ1) is 11.8. The van der Waals surface area contributed by atoms with Gasteiger partial charge in [0.25, 0.3) is 0 Å². The van der Waals surface area contributed by atoms with Crippen LogP contribution >= 0.6 is 0 Å². The number of Topliss-reactive ketones (excluding diaryl/α,β-unsaturated/α-hetero) is 1.